The number of rotatable bonds is 3. The van der Waals surface area contributed by atoms with Crippen LogP contribution in [0.2, 0.25) is 0 Å². The molecule has 0 unspecified atom stereocenters. The molecule has 80 valence electrons. The molecular formula is C11H7BrN2O2. The van der Waals surface area contributed by atoms with E-state index in [0.29, 0.717) is 22.6 Å². The maximum Gasteiger partial charge on any atom is 0.209 e. The molecule has 1 aromatic heterocycles. The number of oxazole rings is 1. The van der Waals surface area contributed by atoms with Crippen LogP contribution in [0.1, 0.15) is 16.2 Å². The van der Waals surface area contributed by atoms with Gasteiger partial charge in [0.05, 0.1) is 11.4 Å². The summed E-state index contributed by atoms with van der Waals surface area (Å²) >= 11 is 3.11. The van der Waals surface area contributed by atoms with Crippen molar-refractivity contribution in [3.8, 4) is 6.07 Å². The molecule has 4 nitrogen and oxygen atoms in total. The molecule has 0 saturated heterocycles. The van der Waals surface area contributed by atoms with Crippen molar-refractivity contribution >= 4 is 32.8 Å². The van der Waals surface area contributed by atoms with E-state index < -0.39 is 0 Å². The zero-order valence-electron chi connectivity index (χ0n) is 8.24. The number of halogens is 1. The van der Waals surface area contributed by atoms with E-state index in [2.05, 4.69) is 20.9 Å². The highest BCUT2D eigenvalue weighted by atomic mass is 79.9. The van der Waals surface area contributed by atoms with Gasteiger partial charge in [0.15, 0.2) is 11.4 Å². The third kappa shape index (κ3) is 1.97. The first-order valence-electron chi connectivity index (χ1n) is 4.60. The third-order valence-electron chi connectivity index (χ3n) is 2.11. The number of ketones is 1. The van der Waals surface area contributed by atoms with E-state index in [1.54, 1.807) is 18.2 Å². The first-order chi connectivity index (χ1) is 7.74. The summed E-state index contributed by atoms with van der Waals surface area (Å²) in [7, 11) is 0. The number of nitriles is 1. The summed E-state index contributed by atoms with van der Waals surface area (Å²) in [4.78, 5) is 15.6. The van der Waals surface area contributed by atoms with E-state index >= 15 is 0 Å². The average Bonchev–Trinajstić information content (AvgIpc) is 2.69. The number of aromatic nitrogens is 1. The minimum atomic E-state index is -0.00765. The van der Waals surface area contributed by atoms with Crippen molar-refractivity contribution in [3.63, 3.8) is 0 Å². The Morgan fingerprint density at radius 3 is 3.06 bits per heavy atom. The molecule has 0 atom stereocenters. The Hall–Kier alpha value is -1.67. The molecule has 2 rings (SSSR count). The van der Waals surface area contributed by atoms with Crippen molar-refractivity contribution in [3.05, 3.63) is 29.7 Å². The van der Waals surface area contributed by atoms with Gasteiger partial charge in [-0.1, -0.05) is 15.9 Å². The summed E-state index contributed by atoms with van der Waals surface area (Å²) in [6.07, 6.45) is 0.135. The van der Waals surface area contributed by atoms with Gasteiger partial charge in [-0.25, -0.2) is 4.98 Å². The lowest BCUT2D eigenvalue weighted by molar-refractivity contribution is 0.102. The molecule has 0 aliphatic rings. The molecule has 0 aliphatic heterocycles. The largest absolute Gasteiger partial charge is 0.440 e. The Bertz CT molecular complexity index is 583. The number of carbonyl (C=O) groups is 1. The number of fused-ring (bicyclic) bond motifs is 1. The predicted octanol–water partition coefficient (Wildman–Crippen LogP) is 2.47. The Morgan fingerprint density at radius 1 is 1.56 bits per heavy atom. The SMILES string of the molecule is N#CCc1nc2cc(C(=O)CBr)ccc2o1. The Kier molecular flexibility index (Phi) is 3.02. The fourth-order valence-electron chi connectivity index (χ4n) is 1.37. The summed E-state index contributed by atoms with van der Waals surface area (Å²) in [5.74, 6) is 0.368. The van der Waals surface area contributed by atoms with Crippen molar-refractivity contribution in [2.45, 2.75) is 6.42 Å². The van der Waals surface area contributed by atoms with E-state index in [-0.39, 0.29) is 17.5 Å². The third-order valence-corrected chi connectivity index (χ3v) is 2.61. The van der Waals surface area contributed by atoms with E-state index in [4.69, 9.17) is 9.68 Å². The van der Waals surface area contributed by atoms with Crippen molar-refractivity contribution in [1.82, 2.24) is 4.98 Å². The highest BCUT2D eigenvalue weighted by molar-refractivity contribution is 9.09. The topological polar surface area (TPSA) is 66.9 Å². The molecule has 1 aromatic carbocycles. The van der Waals surface area contributed by atoms with E-state index in [9.17, 15) is 4.79 Å². The van der Waals surface area contributed by atoms with Gasteiger partial charge in [0, 0.05) is 5.56 Å². The molecule has 0 N–H and O–H groups in total. The molecule has 0 amide bonds. The van der Waals surface area contributed by atoms with Crippen LogP contribution in [0.25, 0.3) is 11.1 Å². The van der Waals surface area contributed by atoms with Crippen LogP contribution in [0.5, 0.6) is 0 Å². The van der Waals surface area contributed by atoms with Gasteiger partial charge in [-0.05, 0) is 18.2 Å². The lowest BCUT2D eigenvalue weighted by atomic mass is 10.1. The van der Waals surface area contributed by atoms with Gasteiger partial charge in [-0.15, -0.1) is 0 Å². The second-order valence-electron chi connectivity index (χ2n) is 3.18. The molecule has 0 aliphatic carbocycles. The lowest BCUT2D eigenvalue weighted by Crippen LogP contribution is -1.98. The second kappa shape index (κ2) is 4.45. The minimum absolute atomic E-state index is 0.00765. The number of hydrogen-bond acceptors (Lipinski definition) is 4. The van der Waals surface area contributed by atoms with Gasteiger partial charge >= 0.3 is 0 Å². The van der Waals surface area contributed by atoms with Crippen molar-refractivity contribution < 1.29 is 9.21 Å². The van der Waals surface area contributed by atoms with Gasteiger partial charge in [-0.2, -0.15) is 5.26 Å². The highest BCUT2D eigenvalue weighted by Crippen LogP contribution is 2.18. The summed E-state index contributed by atoms with van der Waals surface area (Å²) in [5, 5.41) is 8.79. The number of nitrogens with zero attached hydrogens (tertiary/aromatic N) is 2. The molecule has 0 saturated carbocycles. The van der Waals surface area contributed by atoms with Crippen LogP contribution in [-0.4, -0.2) is 16.1 Å². The molecule has 5 heteroatoms. The predicted molar refractivity (Wildman–Crippen MR) is 61.5 cm³/mol. The summed E-state index contributed by atoms with van der Waals surface area (Å²) in [6.45, 7) is 0. The van der Waals surface area contributed by atoms with Crippen LogP contribution in [0.4, 0.5) is 0 Å². The van der Waals surface area contributed by atoms with Crippen LogP contribution in [-0.2, 0) is 6.42 Å². The highest BCUT2D eigenvalue weighted by Gasteiger charge is 2.09. The number of carbonyl (C=O) groups excluding carboxylic acids is 1. The summed E-state index contributed by atoms with van der Waals surface area (Å²) < 4.78 is 5.32. The van der Waals surface area contributed by atoms with Gasteiger partial charge in [0.25, 0.3) is 0 Å². The van der Waals surface area contributed by atoms with Crippen molar-refractivity contribution in [2.24, 2.45) is 0 Å². The van der Waals surface area contributed by atoms with Crippen LogP contribution < -0.4 is 0 Å². The fraction of sp³-hybridized carbons (Fsp3) is 0.182. The molecule has 0 radical (unpaired) electrons. The lowest BCUT2D eigenvalue weighted by Gasteiger charge is -1.94. The van der Waals surface area contributed by atoms with Crippen LogP contribution >= 0.6 is 15.9 Å². The zero-order chi connectivity index (χ0) is 11.5. The van der Waals surface area contributed by atoms with Gasteiger partial charge in [0.2, 0.25) is 5.89 Å². The maximum atomic E-state index is 11.4. The number of benzene rings is 1. The first kappa shape index (κ1) is 10.8. The van der Waals surface area contributed by atoms with E-state index in [1.165, 1.54) is 0 Å². The quantitative estimate of drug-likeness (QED) is 0.639. The zero-order valence-corrected chi connectivity index (χ0v) is 9.82. The molecule has 0 fully saturated rings. The molecule has 1 heterocycles. The molecular weight excluding hydrogens is 272 g/mol. The fourth-order valence-corrected chi connectivity index (χ4v) is 1.69. The Labute approximate surface area is 100 Å². The summed E-state index contributed by atoms with van der Waals surface area (Å²) in [6, 6.07) is 7.01. The summed E-state index contributed by atoms with van der Waals surface area (Å²) in [5.41, 5.74) is 1.79. The van der Waals surface area contributed by atoms with Gasteiger partial charge < -0.3 is 4.42 Å². The number of hydrogen-bond donors (Lipinski definition) is 0. The van der Waals surface area contributed by atoms with Crippen LogP contribution in [0, 0.1) is 11.3 Å². The van der Waals surface area contributed by atoms with Gasteiger partial charge in [-0.3, -0.25) is 4.79 Å². The van der Waals surface area contributed by atoms with Crippen molar-refractivity contribution in [1.29, 1.82) is 5.26 Å². The molecule has 0 bridgehead atoms. The Morgan fingerprint density at radius 2 is 2.38 bits per heavy atom. The maximum absolute atomic E-state index is 11.4. The number of Topliss-reactive ketones (excluding diaryl/α,β-unsaturated/α-hetero) is 1. The normalized spacial score (nSPS) is 10.2. The molecule has 0 spiro atoms. The molecule has 16 heavy (non-hydrogen) atoms. The van der Waals surface area contributed by atoms with Crippen LogP contribution in [0.3, 0.4) is 0 Å². The monoisotopic (exact) mass is 278 g/mol. The number of alkyl halides is 1. The first-order valence-corrected chi connectivity index (χ1v) is 5.72. The van der Waals surface area contributed by atoms with E-state index in [0.717, 1.165) is 0 Å². The van der Waals surface area contributed by atoms with Crippen LogP contribution in [0.15, 0.2) is 22.6 Å². The second-order valence-corrected chi connectivity index (χ2v) is 3.74. The smallest absolute Gasteiger partial charge is 0.209 e. The van der Waals surface area contributed by atoms with Gasteiger partial charge in [0.1, 0.15) is 11.9 Å². The average molecular weight is 279 g/mol. The standard InChI is InChI=1S/C11H7BrN2O2/c12-6-9(15)7-1-2-10-8(5-7)14-11(16-10)3-4-13/h1-2,5H,3,6H2. The minimum Gasteiger partial charge on any atom is -0.440 e. The molecule has 2 aromatic rings. The van der Waals surface area contributed by atoms with Crippen molar-refractivity contribution in [2.75, 3.05) is 5.33 Å². The van der Waals surface area contributed by atoms with E-state index in [1.807, 2.05) is 6.07 Å². The Balaban J connectivity index is 2.46.